The summed E-state index contributed by atoms with van der Waals surface area (Å²) in [5.74, 6) is -0.0397. The molecular weight excluding hydrogens is 332 g/mol. The van der Waals surface area contributed by atoms with E-state index in [4.69, 9.17) is 4.74 Å². The first-order valence-electron chi connectivity index (χ1n) is 7.03. The minimum atomic E-state index is -0.209. The summed E-state index contributed by atoms with van der Waals surface area (Å²) in [6.07, 6.45) is 3.42. The van der Waals surface area contributed by atoms with Crippen LogP contribution in [-0.2, 0) is 4.74 Å². The summed E-state index contributed by atoms with van der Waals surface area (Å²) in [7, 11) is 0. The Morgan fingerprint density at radius 2 is 2.14 bits per heavy atom. The Kier molecular flexibility index (Phi) is 4.22. The van der Waals surface area contributed by atoms with E-state index in [1.54, 1.807) is 6.20 Å². The molecule has 0 bridgehead atoms. The summed E-state index contributed by atoms with van der Waals surface area (Å²) in [6.45, 7) is 1.38. The summed E-state index contributed by atoms with van der Waals surface area (Å²) in [6, 6.07) is 9.44. The lowest BCUT2D eigenvalue weighted by Gasteiger charge is -2.36. The number of hydrogen-bond donors (Lipinski definition) is 1. The van der Waals surface area contributed by atoms with Gasteiger partial charge in [0.15, 0.2) is 0 Å². The number of pyridine rings is 1. The third kappa shape index (κ3) is 3.09. The number of hydrogen-bond acceptors (Lipinski definition) is 3. The lowest BCUT2D eigenvalue weighted by Crippen LogP contribution is -2.53. The average Bonchev–Trinajstić information content (AvgIpc) is 2.55. The lowest BCUT2D eigenvalue weighted by molar-refractivity contribution is 0.0442. The van der Waals surface area contributed by atoms with Crippen molar-refractivity contribution in [1.29, 1.82) is 0 Å². The van der Waals surface area contributed by atoms with Crippen molar-refractivity contribution in [2.24, 2.45) is 0 Å². The van der Waals surface area contributed by atoms with Gasteiger partial charge in [-0.15, -0.1) is 0 Å². The number of carbonyl (C=O) groups excluding carboxylic acids is 1. The molecule has 110 valence electrons. The van der Waals surface area contributed by atoms with Crippen molar-refractivity contribution in [3.8, 4) is 0 Å². The van der Waals surface area contributed by atoms with E-state index in [1.807, 2.05) is 30.3 Å². The lowest BCUT2D eigenvalue weighted by atomic mass is 9.92. The molecule has 21 heavy (non-hydrogen) atoms. The molecule has 2 heterocycles. The first-order valence-corrected chi connectivity index (χ1v) is 8.16. The van der Waals surface area contributed by atoms with E-state index in [2.05, 4.69) is 26.2 Å². The SMILES string of the molecule is O=C(NC1(CBr)CCOCC1)c1ccc2ncccc2c1. The van der Waals surface area contributed by atoms with Gasteiger partial charge in [-0.25, -0.2) is 0 Å². The Labute approximate surface area is 132 Å². The standard InChI is InChI=1S/C16H17BrN2O2/c17-11-16(5-8-21-9-6-16)19-15(20)13-3-4-14-12(10-13)2-1-7-18-14/h1-4,7,10H,5-6,8-9,11H2,(H,19,20). The van der Waals surface area contributed by atoms with Gasteiger partial charge >= 0.3 is 0 Å². The predicted molar refractivity (Wildman–Crippen MR) is 85.8 cm³/mol. The summed E-state index contributed by atoms with van der Waals surface area (Å²) in [5, 5.41) is 4.89. The Morgan fingerprint density at radius 1 is 1.33 bits per heavy atom. The highest BCUT2D eigenvalue weighted by Crippen LogP contribution is 2.24. The van der Waals surface area contributed by atoms with Crippen LogP contribution in [0.5, 0.6) is 0 Å². The van der Waals surface area contributed by atoms with Gasteiger partial charge in [0.25, 0.3) is 5.91 Å². The van der Waals surface area contributed by atoms with Crippen molar-refractivity contribution in [1.82, 2.24) is 10.3 Å². The van der Waals surface area contributed by atoms with Gasteiger partial charge in [0.05, 0.1) is 11.1 Å². The number of carbonyl (C=O) groups is 1. The van der Waals surface area contributed by atoms with Gasteiger partial charge in [-0.1, -0.05) is 22.0 Å². The van der Waals surface area contributed by atoms with Crippen molar-refractivity contribution >= 4 is 32.7 Å². The zero-order valence-corrected chi connectivity index (χ0v) is 13.2. The van der Waals surface area contributed by atoms with Crippen LogP contribution in [-0.4, -0.2) is 35.0 Å². The smallest absolute Gasteiger partial charge is 0.251 e. The fraction of sp³-hybridized carbons (Fsp3) is 0.375. The molecule has 1 N–H and O–H groups in total. The number of nitrogens with zero attached hydrogens (tertiary/aromatic N) is 1. The van der Waals surface area contributed by atoms with Crippen molar-refractivity contribution in [3.63, 3.8) is 0 Å². The number of rotatable bonds is 3. The van der Waals surface area contributed by atoms with Gasteiger partial charge in [0.2, 0.25) is 0 Å². The minimum Gasteiger partial charge on any atom is -0.381 e. The second-order valence-electron chi connectivity index (χ2n) is 5.39. The molecule has 2 aromatic rings. The van der Waals surface area contributed by atoms with Crippen molar-refractivity contribution in [3.05, 3.63) is 42.1 Å². The van der Waals surface area contributed by atoms with E-state index in [0.717, 1.165) is 29.1 Å². The molecular formula is C16H17BrN2O2. The highest BCUT2D eigenvalue weighted by molar-refractivity contribution is 9.09. The van der Waals surface area contributed by atoms with Crippen LogP contribution in [0.15, 0.2) is 36.5 Å². The Balaban J connectivity index is 1.82. The molecule has 1 amide bonds. The van der Waals surface area contributed by atoms with Crippen LogP contribution in [0.3, 0.4) is 0 Å². The number of halogens is 1. The normalized spacial score (nSPS) is 17.6. The van der Waals surface area contributed by atoms with Gasteiger partial charge in [-0.2, -0.15) is 0 Å². The van der Waals surface area contributed by atoms with Crippen LogP contribution in [0.1, 0.15) is 23.2 Å². The van der Waals surface area contributed by atoms with Crippen molar-refractivity contribution in [2.75, 3.05) is 18.5 Å². The number of fused-ring (bicyclic) bond motifs is 1. The van der Waals surface area contributed by atoms with E-state index < -0.39 is 0 Å². The highest BCUT2D eigenvalue weighted by Gasteiger charge is 2.33. The number of amides is 1. The van der Waals surface area contributed by atoms with Gasteiger partial charge in [-0.05, 0) is 37.1 Å². The van der Waals surface area contributed by atoms with Crippen molar-refractivity contribution < 1.29 is 9.53 Å². The quantitative estimate of drug-likeness (QED) is 0.867. The van der Waals surface area contributed by atoms with Gasteiger partial charge in [0, 0.05) is 35.7 Å². The zero-order valence-electron chi connectivity index (χ0n) is 11.6. The summed E-state index contributed by atoms with van der Waals surface area (Å²) in [5.41, 5.74) is 1.36. The van der Waals surface area contributed by atoms with Gasteiger partial charge in [-0.3, -0.25) is 9.78 Å². The summed E-state index contributed by atoms with van der Waals surface area (Å²) in [4.78, 5) is 16.8. The van der Waals surface area contributed by atoms with Crippen LogP contribution >= 0.6 is 15.9 Å². The summed E-state index contributed by atoms with van der Waals surface area (Å²) >= 11 is 3.53. The molecule has 1 aliphatic heterocycles. The molecule has 1 aromatic heterocycles. The molecule has 0 radical (unpaired) electrons. The fourth-order valence-electron chi connectivity index (χ4n) is 2.58. The van der Waals surface area contributed by atoms with Gasteiger partial charge < -0.3 is 10.1 Å². The zero-order chi connectivity index (χ0) is 14.7. The van der Waals surface area contributed by atoms with Crippen LogP contribution in [0.4, 0.5) is 0 Å². The third-order valence-electron chi connectivity index (χ3n) is 3.95. The van der Waals surface area contributed by atoms with Crippen LogP contribution in [0.2, 0.25) is 0 Å². The van der Waals surface area contributed by atoms with E-state index in [-0.39, 0.29) is 11.4 Å². The largest absolute Gasteiger partial charge is 0.381 e. The topological polar surface area (TPSA) is 51.2 Å². The molecule has 0 aliphatic carbocycles. The molecule has 5 heteroatoms. The highest BCUT2D eigenvalue weighted by atomic mass is 79.9. The first kappa shape index (κ1) is 14.5. The van der Waals surface area contributed by atoms with Crippen LogP contribution in [0, 0.1) is 0 Å². The summed E-state index contributed by atoms with van der Waals surface area (Å²) < 4.78 is 5.39. The molecule has 4 nitrogen and oxygen atoms in total. The molecule has 1 fully saturated rings. The molecule has 1 aromatic carbocycles. The van der Waals surface area contributed by atoms with Crippen molar-refractivity contribution in [2.45, 2.75) is 18.4 Å². The Bertz CT molecular complexity index is 654. The second-order valence-corrected chi connectivity index (χ2v) is 5.95. The number of benzene rings is 1. The Morgan fingerprint density at radius 3 is 2.90 bits per heavy atom. The average molecular weight is 349 g/mol. The minimum absolute atomic E-state index is 0.0397. The molecule has 0 atom stereocenters. The third-order valence-corrected chi connectivity index (χ3v) is 5.02. The van der Waals surface area contributed by atoms with Crippen LogP contribution < -0.4 is 5.32 Å². The monoisotopic (exact) mass is 348 g/mol. The first-order chi connectivity index (χ1) is 10.2. The maximum absolute atomic E-state index is 12.5. The molecule has 1 saturated heterocycles. The maximum atomic E-state index is 12.5. The van der Waals surface area contributed by atoms with Crippen LogP contribution in [0.25, 0.3) is 10.9 Å². The van der Waals surface area contributed by atoms with E-state index >= 15 is 0 Å². The predicted octanol–water partition coefficient (Wildman–Crippen LogP) is 2.91. The fourth-order valence-corrected chi connectivity index (χ4v) is 3.28. The van der Waals surface area contributed by atoms with Gasteiger partial charge in [0.1, 0.15) is 0 Å². The maximum Gasteiger partial charge on any atom is 0.251 e. The Hall–Kier alpha value is -1.46. The molecule has 0 unspecified atom stereocenters. The molecule has 0 saturated carbocycles. The van der Waals surface area contributed by atoms with E-state index in [1.165, 1.54) is 0 Å². The number of ether oxygens (including phenoxy) is 1. The van der Waals surface area contributed by atoms with E-state index in [0.29, 0.717) is 18.8 Å². The molecule has 3 rings (SSSR count). The molecule has 0 spiro atoms. The molecule has 1 aliphatic rings. The van der Waals surface area contributed by atoms with E-state index in [9.17, 15) is 4.79 Å². The second kappa shape index (κ2) is 6.12. The number of alkyl halides is 1. The number of nitrogens with one attached hydrogen (secondary N) is 1. The number of aromatic nitrogens is 1.